The van der Waals surface area contributed by atoms with Crippen molar-refractivity contribution in [3.63, 3.8) is 0 Å². The molecule has 2 heterocycles. The van der Waals surface area contributed by atoms with Gasteiger partial charge in [-0.2, -0.15) is 0 Å². The Morgan fingerprint density at radius 2 is 2.14 bits per heavy atom. The van der Waals surface area contributed by atoms with E-state index in [9.17, 15) is 9.59 Å². The van der Waals surface area contributed by atoms with E-state index in [0.29, 0.717) is 29.7 Å². The first kappa shape index (κ1) is 13.9. The normalized spacial score (nSPS) is 14.0. The van der Waals surface area contributed by atoms with Gasteiger partial charge < -0.3 is 14.6 Å². The Morgan fingerprint density at radius 1 is 1.33 bits per heavy atom. The van der Waals surface area contributed by atoms with Crippen molar-refractivity contribution < 1.29 is 9.53 Å². The van der Waals surface area contributed by atoms with Crippen LogP contribution in [0.5, 0.6) is 5.75 Å². The fourth-order valence-electron chi connectivity index (χ4n) is 2.26. The maximum absolute atomic E-state index is 12.6. The average molecular weight is 349 g/mol. The molecule has 1 aliphatic heterocycles. The number of hydrogen-bond donors (Lipinski definition) is 1. The van der Waals surface area contributed by atoms with E-state index in [4.69, 9.17) is 4.74 Å². The van der Waals surface area contributed by atoms with E-state index in [2.05, 4.69) is 20.9 Å². The largest absolute Gasteiger partial charge is 0.491 e. The fourth-order valence-corrected chi connectivity index (χ4v) is 2.62. The van der Waals surface area contributed by atoms with Crippen molar-refractivity contribution in [3.05, 3.63) is 62.5 Å². The SMILES string of the molecule is O=C(c1c[nH]c(=O)c(Br)c1)N1CCOc2ccccc2C1. The molecule has 1 N–H and O–H groups in total. The smallest absolute Gasteiger partial charge is 0.262 e. The van der Waals surface area contributed by atoms with Gasteiger partial charge in [-0.15, -0.1) is 0 Å². The van der Waals surface area contributed by atoms with Crippen molar-refractivity contribution in [2.75, 3.05) is 13.2 Å². The highest BCUT2D eigenvalue weighted by atomic mass is 79.9. The van der Waals surface area contributed by atoms with Gasteiger partial charge >= 0.3 is 0 Å². The van der Waals surface area contributed by atoms with E-state index >= 15 is 0 Å². The Hall–Kier alpha value is -2.08. The van der Waals surface area contributed by atoms with Gasteiger partial charge in [0.15, 0.2) is 0 Å². The number of ether oxygens (including phenoxy) is 1. The number of aromatic nitrogens is 1. The van der Waals surface area contributed by atoms with Crippen molar-refractivity contribution in [2.45, 2.75) is 6.54 Å². The number of para-hydroxylation sites is 1. The van der Waals surface area contributed by atoms with Crippen LogP contribution in [0.1, 0.15) is 15.9 Å². The number of carbonyl (C=O) groups is 1. The average Bonchev–Trinajstić information content (AvgIpc) is 2.71. The molecule has 2 aromatic rings. The molecule has 6 heteroatoms. The quantitative estimate of drug-likeness (QED) is 0.858. The second-order valence-electron chi connectivity index (χ2n) is 4.75. The lowest BCUT2D eigenvalue weighted by atomic mass is 10.1. The van der Waals surface area contributed by atoms with Crippen LogP contribution in [-0.4, -0.2) is 28.9 Å². The molecule has 0 bridgehead atoms. The minimum Gasteiger partial charge on any atom is -0.491 e. The maximum Gasteiger partial charge on any atom is 0.262 e. The Kier molecular flexibility index (Phi) is 3.79. The summed E-state index contributed by atoms with van der Waals surface area (Å²) in [5.41, 5.74) is 1.17. The fraction of sp³-hybridized carbons (Fsp3) is 0.200. The van der Waals surface area contributed by atoms with Crippen LogP contribution in [0.2, 0.25) is 0 Å². The van der Waals surface area contributed by atoms with Crippen LogP contribution in [0.25, 0.3) is 0 Å². The summed E-state index contributed by atoms with van der Waals surface area (Å²) >= 11 is 3.14. The predicted octanol–water partition coefficient (Wildman–Crippen LogP) is 2.17. The molecule has 0 atom stereocenters. The number of nitrogens with one attached hydrogen (secondary N) is 1. The molecule has 0 aliphatic carbocycles. The molecule has 0 saturated carbocycles. The maximum atomic E-state index is 12.6. The minimum absolute atomic E-state index is 0.132. The molecular weight excluding hydrogens is 336 g/mol. The summed E-state index contributed by atoms with van der Waals surface area (Å²) < 4.78 is 5.99. The summed E-state index contributed by atoms with van der Waals surface area (Å²) in [4.78, 5) is 28.2. The first-order chi connectivity index (χ1) is 10.1. The molecule has 3 rings (SSSR count). The number of benzene rings is 1. The summed E-state index contributed by atoms with van der Waals surface area (Å²) in [7, 11) is 0. The number of pyridine rings is 1. The van der Waals surface area contributed by atoms with E-state index in [-0.39, 0.29) is 11.5 Å². The van der Waals surface area contributed by atoms with Crippen LogP contribution in [0.4, 0.5) is 0 Å². The van der Waals surface area contributed by atoms with E-state index in [1.807, 2.05) is 24.3 Å². The number of carbonyl (C=O) groups excluding carboxylic acids is 1. The topological polar surface area (TPSA) is 62.4 Å². The van der Waals surface area contributed by atoms with Gasteiger partial charge in [0.05, 0.1) is 16.6 Å². The lowest BCUT2D eigenvalue weighted by molar-refractivity contribution is 0.0732. The Morgan fingerprint density at radius 3 is 2.95 bits per heavy atom. The number of aromatic amines is 1. The van der Waals surface area contributed by atoms with Gasteiger partial charge in [0.2, 0.25) is 0 Å². The van der Waals surface area contributed by atoms with Gasteiger partial charge in [0.1, 0.15) is 12.4 Å². The zero-order valence-corrected chi connectivity index (χ0v) is 12.7. The third kappa shape index (κ3) is 2.85. The number of H-pyrrole nitrogens is 1. The molecule has 1 aliphatic rings. The third-order valence-corrected chi connectivity index (χ3v) is 3.93. The van der Waals surface area contributed by atoms with Crippen molar-refractivity contribution in [1.29, 1.82) is 0 Å². The van der Waals surface area contributed by atoms with E-state index in [1.165, 1.54) is 6.20 Å². The summed E-state index contributed by atoms with van der Waals surface area (Å²) in [6, 6.07) is 9.23. The first-order valence-corrected chi connectivity index (χ1v) is 7.32. The van der Waals surface area contributed by atoms with E-state index < -0.39 is 0 Å². The van der Waals surface area contributed by atoms with Crippen LogP contribution >= 0.6 is 15.9 Å². The second-order valence-corrected chi connectivity index (χ2v) is 5.60. The first-order valence-electron chi connectivity index (χ1n) is 6.53. The van der Waals surface area contributed by atoms with Gasteiger partial charge in [-0.3, -0.25) is 9.59 Å². The van der Waals surface area contributed by atoms with Crippen LogP contribution in [0.15, 0.2) is 45.8 Å². The van der Waals surface area contributed by atoms with Crippen molar-refractivity contribution in [2.24, 2.45) is 0 Å². The van der Waals surface area contributed by atoms with Crippen molar-refractivity contribution in [1.82, 2.24) is 9.88 Å². The molecule has 108 valence electrons. The zero-order chi connectivity index (χ0) is 14.8. The Labute approximate surface area is 129 Å². The van der Waals surface area contributed by atoms with Crippen LogP contribution in [-0.2, 0) is 6.54 Å². The van der Waals surface area contributed by atoms with Gasteiger partial charge in [-0.05, 0) is 28.1 Å². The summed E-state index contributed by atoms with van der Waals surface area (Å²) in [5, 5.41) is 0. The van der Waals surface area contributed by atoms with Crippen molar-refractivity contribution >= 4 is 21.8 Å². The summed E-state index contributed by atoms with van der Waals surface area (Å²) in [5.74, 6) is 0.683. The molecule has 0 unspecified atom stereocenters. The molecular formula is C15H13BrN2O3. The lowest BCUT2D eigenvalue weighted by Crippen LogP contribution is -2.32. The summed E-state index contributed by atoms with van der Waals surface area (Å²) in [6.07, 6.45) is 1.44. The summed E-state index contributed by atoms with van der Waals surface area (Å²) in [6.45, 7) is 1.45. The van der Waals surface area contributed by atoms with Crippen LogP contribution in [0.3, 0.4) is 0 Å². The molecule has 21 heavy (non-hydrogen) atoms. The molecule has 0 fully saturated rings. The molecule has 0 saturated heterocycles. The monoisotopic (exact) mass is 348 g/mol. The number of hydrogen-bond acceptors (Lipinski definition) is 3. The van der Waals surface area contributed by atoms with Gasteiger partial charge in [0.25, 0.3) is 11.5 Å². The van der Waals surface area contributed by atoms with Crippen LogP contribution in [0, 0.1) is 0 Å². The minimum atomic E-state index is -0.254. The predicted molar refractivity (Wildman–Crippen MR) is 81.4 cm³/mol. The number of fused-ring (bicyclic) bond motifs is 1. The standard InChI is InChI=1S/C15H13BrN2O3/c16-12-7-11(8-17-14(12)19)15(20)18-5-6-21-13-4-2-1-3-10(13)9-18/h1-4,7-8H,5-6,9H2,(H,17,19). The number of rotatable bonds is 1. The number of halogens is 1. The van der Waals surface area contributed by atoms with E-state index in [1.54, 1.807) is 11.0 Å². The Bertz CT molecular complexity index is 742. The highest BCUT2D eigenvalue weighted by Gasteiger charge is 2.21. The van der Waals surface area contributed by atoms with Gasteiger partial charge in [-0.1, -0.05) is 18.2 Å². The molecule has 1 amide bonds. The van der Waals surface area contributed by atoms with Crippen molar-refractivity contribution in [3.8, 4) is 5.75 Å². The van der Waals surface area contributed by atoms with Gasteiger partial charge in [-0.25, -0.2) is 0 Å². The number of amides is 1. The van der Waals surface area contributed by atoms with Gasteiger partial charge in [0, 0.05) is 18.3 Å². The Balaban J connectivity index is 1.88. The number of nitrogens with zero attached hydrogens (tertiary/aromatic N) is 1. The zero-order valence-electron chi connectivity index (χ0n) is 11.1. The van der Waals surface area contributed by atoms with Crippen LogP contribution < -0.4 is 10.3 Å². The lowest BCUT2D eigenvalue weighted by Gasteiger charge is -2.19. The molecule has 0 radical (unpaired) electrons. The highest BCUT2D eigenvalue weighted by Crippen LogP contribution is 2.23. The second kappa shape index (κ2) is 5.73. The molecule has 5 nitrogen and oxygen atoms in total. The molecule has 0 spiro atoms. The van der Waals surface area contributed by atoms with E-state index in [0.717, 1.165) is 11.3 Å². The highest BCUT2D eigenvalue weighted by molar-refractivity contribution is 9.10. The third-order valence-electron chi connectivity index (χ3n) is 3.34. The molecule has 1 aromatic heterocycles. The molecule has 1 aromatic carbocycles.